The van der Waals surface area contributed by atoms with Crippen molar-refractivity contribution in [3.8, 4) is 33.4 Å². The molecule has 0 saturated carbocycles. The number of pyridine rings is 1. The van der Waals surface area contributed by atoms with Crippen LogP contribution in [0.25, 0.3) is 72.7 Å². The Morgan fingerprint density at radius 3 is 2.09 bits per heavy atom. The van der Waals surface area contributed by atoms with Crippen LogP contribution in [0.5, 0.6) is 0 Å². The van der Waals surface area contributed by atoms with Crippen LogP contribution in [0.15, 0.2) is 146 Å². The Balaban J connectivity index is 0.00000163. The lowest BCUT2D eigenvalue weighted by atomic mass is 9.82. The van der Waals surface area contributed by atoms with Crippen LogP contribution in [0.4, 0.5) is 0 Å². The minimum absolute atomic E-state index is 0.312. The molecule has 0 bridgehead atoms. The second kappa shape index (κ2) is 21.6. The molecule has 6 aromatic rings. The molecule has 6 heteroatoms. The zero-order chi connectivity index (χ0) is 39.7. The van der Waals surface area contributed by atoms with Crippen molar-refractivity contribution in [1.29, 1.82) is 0 Å². The first-order valence-electron chi connectivity index (χ1n) is 18.6. The quantitative estimate of drug-likeness (QED) is 0.102. The van der Waals surface area contributed by atoms with E-state index in [0.717, 1.165) is 72.5 Å². The van der Waals surface area contributed by atoms with Crippen molar-refractivity contribution in [3.63, 3.8) is 0 Å². The number of allylic oxidation sites excluding steroid dienone is 3. The fourth-order valence-corrected chi connectivity index (χ4v) is 7.79. The maximum atomic E-state index is 6.41. The predicted octanol–water partition coefficient (Wildman–Crippen LogP) is 12.8. The summed E-state index contributed by atoms with van der Waals surface area (Å²) >= 11 is 3.46. The lowest BCUT2D eigenvalue weighted by molar-refractivity contribution is 0.849. The number of nitrogens with zero attached hydrogens (tertiary/aromatic N) is 1. The molecule has 1 aromatic heterocycles. The van der Waals surface area contributed by atoms with Gasteiger partial charge in [-0.05, 0) is 108 Å². The van der Waals surface area contributed by atoms with Crippen molar-refractivity contribution in [2.45, 2.75) is 26.5 Å². The van der Waals surface area contributed by atoms with Crippen LogP contribution in [-0.2, 0) is 5.75 Å². The minimum Gasteiger partial charge on any atom is -0.404 e. The van der Waals surface area contributed by atoms with E-state index in [1.54, 1.807) is 35.9 Å². The molecular formula is C49H54N4S2. The van der Waals surface area contributed by atoms with Crippen LogP contribution in [0.2, 0.25) is 0 Å². The van der Waals surface area contributed by atoms with Gasteiger partial charge in [0.2, 0.25) is 0 Å². The van der Waals surface area contributed by atoms with Crippen LogP contribution in [-0.4, -0.2) is 24.0 Å². The molecule has 0 aliphatic heterocycles. The maximum Gasteiger partial charge on any atom is 0.0502 e. The Hall–Kier alpha value is -5.27. The van der Waals surface area contributed by atoms with Gasteiger partial charge in [-0.15, -0.1) is 11.8 Å². The molecule has 1 atom stereocenters. The second-order valence-corrected chi connectivity index (χ2v) is 14.2. The molecule has 0 fully saturated rings. The molecular weight excluding hydrogens is 709 g/mol. The third-order valence-corrected chi connectivity index (χ3v) is 10.8. The van der Waals surface area contributed by atoms with Crippen LogP contribution in [0.1, 0.15) is 43.2 Å². The van der Waals surface area contributed by atoms with E-state index in [4.69, 9.17) is 16.5 Å². The average molecular weight is 763 g/mol. The van der Waals surface area contributed by atoms with Gasteiger partial charge in [0, 0.05) is 35.7 Å². The third kappa shape index (κ3) is 9.89. The highest BCUT2D eigenvalue weighted by molar-refractivity contribution is 8.02. The highest BCUT2D eigenvalue weighted by Gasteiger charge is 2.20. The Morgan fingerprint density at radius 1 is 0.764 bits per heavy atom. The Labute approximate surface area is 337 Å². The van der Waals surface area contributed by atoms with Gasteiger partial charge in [0.25, 0.3) is 0 Å². The lowest BCUT2D eigenvalue weighted by Gasteiger charge is -2.21. The van der Waals surface area contributed by atoms with E-state index in [0.29, 0.717) is 5.92 Å². The molecule has 4 nitrogen and oxygen atoms in total. The highest BCUT2D eigenvalue weighted by atomic mass is 32.2. The number of thioether (sulfide) groups is 2. The summed E-state index contributed by atoms with van der Waals surface area (Å²) in [5.74, 6) is 2.09. The second-order valence-electron chi connectivity index (χ2n) is 12.4. The standard InChI is InChI=1S/C46H43N3S2.C2H6.CH5N/c1-5-39-40(6-2)46(37-20-22-38(30-50-4)49-28-37)44-26-35(21-23-43(44)45(39)36(27-48)15-14-31(3)29-51-25-24-47)32-16-18-34(19-17-32)42-13-9-11-33-10-7-8-12-41(33)42;2*1-2/h5-28,31H,1-2,29-30,47-48H2,3-4H3;1-2H3;2H2,1H3/b15-14-,25-24-,36-27+;;. The van der Waals surface area contributed by atoms with Gasteiger partial charge in [-0.1, -0.05) is 143 Å². The van der Waals surface area contributed by atoms with Crippen LogP contribution in [0, 0.1) is 5.92 Å². The summed E-state index contributed by atoms with van der Waals surface area (Å²) in [7, 11) is 1.50. The van der Waals surface area contributed by atoms with Gasteiger partial charge < -0.3 is 17.2 Å². The van der Waals surface area contributed by atoms with E-state index in [9.17, 15) is 0 Å². The first kappa shape index (κ1) is 42.5. The Morgan fingerprint density at radius 2 is 1.44 bits per heavy atom. The topological polar surface area (TPSA) is 90.9 Å². The lowest BCUT2D eigenvalue weighted by Crippen LogP contribution is -2.01. The van der Waals surface area contributed by atoms with Gasteiger partial charge in [-0.3, -0.25) is 4.98 Å². The van der Waals surface area contributed by atoms with Gasteiger partial charge in [0.15, 0.2) is 0 Å². The van der Waals surface area contributed by atoms with Crippen LogP contribution >= 0.6 is 23.5 Å². The third-order valence-electron chi connectivity index (χ3n) is 9.13. The van der Waals surface area contributed by atoms with Crippen LogP contribution < -0.4 is 17.2 Å². The van der Waals surface area contributed by atoms with Gasteiger partial charge >= 0.3 is 0 Å². The first-order chi connectivity index (χ1) is 27.0. The van der Waals surface area contributed by atoms with Crippen LogP contribution in [0.3, 0.4) is 0 Å². The zero-order valence-corrected chi connectivity index (χ0v) is 34.4. The first-order valence-corrected chi connectivity index (χ1v) is 21.0. The summed E-state index contributed by atoms with van der Waals surface area (Å²) in [4.78, 5) is 4.84. The van der Waals surface area contributed by atoms with Gasteiger partial charge in [0.05, 0.1) is 5.69 Å². The number of hydrogen-bond donors (Lipinski definition) is 3. The molecule has 0 saturated heterocycles. The fourth-order valence-electron chi connectivity index (χ4n) is 6.69. The molecule has 1 unspecified atom stereocenters. The molecule has 5 aromatic carbocycles. The molecule has 55 heavy (non-hydrogen) atoms. The Bertz CT molecular complexity index is 2280. The smallest absolute Gasteiger partial charge is 0.0502 e. The summed E-state index contributed by atoms with van der Waals surface area (Å²) in [6.07, 6.45) is 15.6. The molecule has 1 heterocycles. The number of aromatic nitrogens is 1. The number of nitrogens with two attached hydrogens (primary N) is 3. The molecule has 6 rings (SSSR count). The van der Waals surface area contributed by atoms with E-state index in [-0.39, 0.29) is 0 Å². The van der Waals surface area contributed by atoms with Crippen molar-refractivity contribution < 1.29 is 0 Å². The largest absolute Gasteiger partial charge is 0.404 e. The number of benzene rings is 5. The van der Waals surface area contributed by atoms with Crippen molar-refractivity contribution in [1.82, 2.24) is 4.98 Å². The van der Waals surface area contributed by atoms with E-state index >= 15 is 0 Å². The minimum atomic E-state index is 0.312. The molecule has 0 spiro atoms. The number of rotatable bonds is 13. The number of hydrogen-bond acceptors (Lipinski definition) is 6. The predicted molar refractivity (Wildman–Crippen MR) is 251 cm³/mol. The van der Waals surface area contributed by atoms with E-state index in [1.165, 1.54) is 28.9 Å². The molecule has 6 N–H and O–H groups in total. The molecule has 0 amide bonds. The molecule has 0 radical (unpaired) electrons. The molecule has 282 valence electrons. The summed E-state index contributed by atoms with van der Waals surface area (Å²) in [5.41, 5.74) is 28.3. The monoisotopic (exact) mass is 762 g/mol. The van der Waals surface area contributed by atoms with Gasteiger partial charge in [0.1, 0.15) is 0 Å². The fraction of sp³-hybridized carbons (Fsp3) is 0.163. The van der Waals surface area contributed by atoms with E-state index < -0.39 is 0 Å². The van der Waals surface area contributed by atoms with Gasteiger partial charge in [-0.2, -0.15) is 11.8 Å². The Kier molecular flexibility index (Phi) is 16.7. The van der Waals surface area contributed by atoms with Gasteiger partial charge in [-0.25, -0.2) is 0 Å². The zero-order valence-electron chi connectivity index (χ0n) is 32.8. The normalized spacial score (nSPS) is 11.9. The molecule has 0 aliphatic carbocycles. The van der Waals surface area contributed by atoms with E-state index in [1.807, 2.05) is 37.6 Å². The summed E-state index contributed by atoms with van der Waals surface area (Å²) in [6.45, 7) is 14.8. The summed E-state index contributed by atoms with van der Waals surface area (Å²) in [5, 5.41) is 6.60. The van der Waals surface area contributed by atoms with E-state index in [2.05, 4.69) is 141 Å². The summed E-state index contributed by atoms with van der Waals surface area (Å²) in [6, 6.07) is 34.9. The van der Waals surface area contributed by atoms with Crippen molar-refractivity contribution in [3.05, 3.63) is 169 Å². The SMILES string of the molecule is C=Cc1c(C=C)c(-c2ccc(CSC)nc2)c2cc(-c3ccc(-c4cccc5ccccc45)cc3)ccc2c1C(/C=C\C(C)CS/C=C\N)=C/N.CC.CN. The molecule has 0 aliphatic rings. The highest BCUT2D eigenvalue weighted by Crippen LogP contribution is 2.43. The van der Waals surface area contributed by atoms with Crippen molar-refractivity contribution in [2.75, 3.05) is 19.1 Å². The van der Waals surface area contributed by atoms with Crippen molar-refractivity contribution >= 4 is 62.8 Å². The number of fused-ring (bicyclic) bond motifs is 2. The van der Waals surface area contributed by atoms with Crippen molar-refractivity contribution in [2.24, 2.45) is 23.1 Å². The average Bonchev–Trinajstić information content (AvgIpc) is 3.25. The summed E-state index contributed by atoms with van der Waals surface area (Å²) < 4.78 is 0. The maximum absolute atomic E-state index is 6.41.